The van der Waals surface area contributed by atoms with Gasteiger partial charge in [-0.25, -0.2) is 13.6 Å². The Morgan fingerprint density at radius 3 is 1.82 bits per heavy atom. The molecular weight excluding hydrogens is 579 g/mol. The molecule has 0 radical (unpaired) electrons. The summed E-state index contributed by atoms with van der Waals surface area (Å²) in [5.74, 6) is -2.67. The van der Waals surface area contributed by atoms with Gasteiger partial charge in [0, 0.05) is 17.6 Å². The highest BCUT2D eigenvalue weighted by molar-refractivity contribution is 6.43. The lowest BCUT2D eigenvalue weighted by atomic mass is 9.75. The van der Waals surface area contributed by atoms with Gasteiger partial charge < -0.3 is 25.6 Å². The molecule has 0 aliphatic carbocycles. The predicted octanol–water partition coefficient (Wildman–Crippen LogP) is 4.18. The van der Waals surface area contributed by atoms with Crippen LogP contribution in [0.3, 0.4) is 0 Å². The molecule has 1 aliphatic heterocycles. The smallest absolute Gasteiger partial charge is 0.426 e. The quantitative estimate of drug-likeness (QED) is 0.202. The van der Waals surface area contributed by atoms with Crippen LogP contribution in [0, 0.1) is 17.6 Å². The van der Waals surface area contributed by atoms with Gasteiger partial charge in [0.05, 0.1) is 19.0 Å². The minimum absolute atomic E-state index is 0.0581. The molecule has 234 valence electrons. The summed E-state index contributed by atoms with van der Waals surface area (Å²) < 4.78 is 27.1. The van der Waals surface area contributed by atoms with Crippen molar-refractivity contribution in [2.75, 3.05) is 13.1 Å². The summed E-state index contributed by atoms with van der Waals surface area (Å²) in [6, 6.07) is 18.5. The van der Waals surface area contributed by atoms with Gasteiger partial charge in [-0.15, -0.1) is 0 Å². The largest absolute Gasteiger partial charge is 0.475 e. The normalized spacial score (nSPS) is 16.5. The van der Waals surface area contributed by atoms with Crippen molar-refractivity contribution in [2.24, 2.45) is 5.92 Å². The van der Waals surface area contributed by atoms with Gasteiger partial charge in [-0.05, 0) is 65.4 Å². The topological polar surface area (TPSA) is 119 Å². The molecule has 3 aromatic carbocycles. The fraction of sp³-hybridized carbons (Fsp3) is 0.265. The van der Waals surface area contributed by atoms with E-state index < -0.39 is 42.7 Å². The zero-order chi connectivity index (χ0) is 32.5. The lowest BCUT2D eigenvalue weighted by molar-refractivity contribution is -0.123. The van der Waals surface area contributed by atoms with Crippen LogP contribution >= 0.6 is 0 Å². The maximum atomic E-state index is 13.8. The molecule has 11 heteroatoms. The number of ketones is 1. The van der Waals surface area contributed by atoms with Crippen LogP contribution in [0.5, 0.6) is 0 Å². The Kier molecular flexibility index (Phi) is 11.4. The van der Waals surface area contributed by atoms with Crippen molar-refractivity contribution in [1.82, 2.24) is 15.5 Å². The fourth-order valence-corrected chi connectivity index (χ4v) is 5.05. The van der Waals surface area contributed by atoms with Crippen molar-refractivity contribution in [3.8, 4) is 0 Å². The Morgan fingerprint density at radius 1 is 0.844 bits per heavy atom. The first-order chi connectivity index (χ1) is 21.5. The van der Waals surface area contributed by atoms with Crippen molar-refractivity contribution in [1.29, 1.82) is 0 Å². The average Bonchev–Trinajstić information content (AvgIpc) is 3.00. The molecule has 1 fully saturated rings. The van der Waals surface area contributed by atoms with E-state index >= 15 is 0 Å². The van der Waals surface area contributed by atoms with E-state index in [1.165, 1.54) is 53.4 Å². The van der Waals surface area contributed by atoms with E-state index in [4.69, 9.17) is 0 Å². The van der Waals surface area contributed by atoms with Gasteiger partial charge in [0.25, 0.3) is 0 Å². The van der Waals surface area contributed by atoms with Gasteiger partial charge in [0.1, 0.15) is 17.7 Å². The molecule has 8 nitrogen and oxygen atoms in total. The number of halogens is 2. The van der Waals surface area contributed by atoms with E-state index in [1.54, 1.807) is 24.3 Å². The van der Waals surface area contributed by atoms with E-state index in [2.05, 4.69) is 10.6 Å². The number of nitrogens with zero attached hydrogens (tertiary/aromatic N) is 1. The molecule has 3 aromatic rings. The first kappa shape index (κ1) is 33.3. The minimum Gasteiger partial charge on any atom is -0.426 e. The summed E-state index contributed by atoms with van der Waals surface area (Å²) in [5, 5.41) is 25.2. The molecule has 1 heterocycles. The highest BCUT2D eigenvalue weighted by Crippen LogP contribution is 2.23. The van der Waals surface area contributed by atoms with Crippen LogP contribution in [0.4, 0.5) is 13.6 Å². The van der Waals surface area contributed by atoms with Gasteiger partial charge in [-0.3, -0.25) is 9.59 Å². The summed E-state index contributed by atoms with van der Waals surface area (Å²) in [5.41, 5.74) is 2.42. The SMILES string of the molecule is CC(C)C[C@H](NC(=O)[C@H](Cc1ccccc1)NC(=O)N1C/C(=C\c2ccc(F)cc2)C(=O)/C(=C/c2ccc(F)cc2)C1)B(O)O. The Morgan fingerprint density at radius 2 is 1.36 bits per heavy atom. The van der Waals surface area contributed by atoms with Crippen LogP contribution < -0.4 is 10.6 Å². The Balaban J connectivity index is 1.63. The number of hydrogen-bond acceptors (Lipinski definition) is 5. The van der Waals surface area contributed by atoms with Crippen LogP contribution in [-0.4, -0.2) is 64.9 Å². The van der Waals surface area contributed by atoms with Crippen molar-refractivity contribution in [3.05, 3.63) is 118 Å². The molecule has 2 atom stereocenters. The zero-order valence-electron chi connectivity index (χ0n) is 25.1. The van der Waals surface area contributed by atoms with Crippen LogP contribution in [0.2, 0.25) is 0 Å². The number of Topliss-reactive ketones (excluding diaryl/α,β-unsaturated/α-hetero) is 1. The molecule has 3 amide bonds. The lowest BCUT2D eigenvalue weighted by Crippen LogP contribution is -2.57. The van der Waals surface area contributed by atoms with E-state index in [0.717, 1.165) is 5.56 Å². The van der Waals surface area contributed by atoms with Crippen molar-refractivity contribution in [2.45, 2.75) is 38.7 Å². The van der Waals surface area contributed by atoms with Gasteiger partial charge in [-0.1, -0.05) is 68.4 Å². The van der Waals surface area contributed by atoms with E-state index in [-0.39, 0.29) is 42.4 Å². The third-order valence-corrected chi connectivity index (χ3v) is 7.32. The highest BCUT2D eigenvalue weighted by Gasteiger charge is 2.33. The number of urea groups is 1. The molecule has 1 saturated heterocycles. The van der Waals surface area contributed by atoms with Crippen LogP contribution in [0.15, 0.2) is 90.0 Å². The number of carbonyl (C=O) groups is 3. The van der Waals surface area contributed by atoms with Crippen molar-refractivity contribution in [3.63, 3.8) is 0 Å². The molecule has 0 unspecified atom stereocenters. The second-order valence-corrected chi connectivity index (χ2v) is 11.5. The molecule has 4 N–H and O–H groups in total. The maximum Gasteiger partial charge on any atom is 0.475 e. The molecule has 45 heavy (non-hydrogen) atoms. The Bertz CT molecular complexity index is 1480. The molecule has 0 bridgehead atoms. The molecule has 0 aromatic heterocycles. The number of piperidine rings is 1. The number of carbonyl (C=O) groups excluding carboxylic acids is 3. The van der Waals surface area contributed by atoms with E-state index in [9.17, 15) is 33.2 Å². The lowest BCUT2D eigenvalue weighted by Gasteiger charge is -2.32. The first-order valence-electron chi connectivity index (χ1n) is 14.7. The fourth-order valence-electron chi connectivity index (χ4n) is 5.05. The van der Waals surface area contributed by atoms with Gasteiger partial charge >= 0.3 is 13.1 Å². The monoisotopic (exact) mass is 615 g/mol. The molecule has 1 aliphatic rings. The Hall–Kier alpha value is -4.61. The number of amides is 3. The number of nitrogens with one attached hydrogen (secondary N) is 2. The number of hydrogen-bond donors (Lipinski definition) is 4. The predicted molar refractivity (Wildman–Crippen MR) is 169 cm³/mol. The standard InChI is InChI=1S/C34H36BF2N3O5/c1-22(2)16-31(35(44)45)39-33(42)30(19-23-6-4-3-5-7-23)38-34(43)40-20-26(17-24-8-12-28(36)13-9-24)32(41)27(21-40)18-25-10-14-29(37)15-11-25/h3-15,17-18,22,30-31,44-45H,16,19-21H2,1-2H3,(H,38,43)(H,39,42)/b26-17+,27-18+/t30-,31-/m0/s1. The summed E-state index contributed by atoms with van der Waals surface area (Å²) >= 11 is 0. The van der Waals surface area contributed by atoms with E-state index in [1.807, 2.05) is 32.0 Å². The molecule has 0 spiro atoms. The van der Waals surface area contributed by atoms with Crippen molar-refractivity contribution < 1.29 is 33.2 Å². The zero-order valence-corrected chi connectivity index (χ0v) is 25.1. The first-order valence-corrected chi connectivity index (χ1v) is 14.7. The van der Waals surface area contributed by atoms with Crippen molar-refractivity contribution >= 4 is 37.0 Å². The number of benzene rings is 3. The van der Waals surface area contributed by atoms with Gasteiger partial charge in [-0.2, -0.15) is 0 Å². The number of likely N-dealkylation sites (tertiary alicyclic amines) is 1. The summed E-state index contributed by atoms with van der Waals surface area (Å²) in [6.07, 6.45) is 3.58. The minimum atomic E-state index is -1.80. The highest BCUT2D eigenvalue weighted by atomic mass is 19.1. The summed E-state index contributed by atoms with van der Waals surface area (Å²) in [4.78, 5) is 42.1. The van der Waals surface area contributed by atoms with Crippen LogP contribution in [0.25, 0.3) is 12.2 Å². The van der Waals surface area contributed by atoms with Crippen LogP contribution in [0.1, 0.15) is 37.0 Å². The average molecular weight is 615 g/mol. The maximum absolute atomic E-state index is 13.8. The summed E-state index contributed by atoms with van der Waals surface area (Å²) in [6.45, 7) is 3.59. The second-order valence-electron chi connectivity index (χ2n) is 11.5. The Labute approximate surface area is 261 Å². The third kappa shape index (κ3) is 9.69. The molecule has 4 rings (SSSR count). The van der Waals surface area contributed by atoms with Crippen LogP contribution in [-0.2, 0) is 16.0 Å². The third-order valence-electron chi connectivity index (χ3n) is 7.32. The molecule has 0 saturated carbocycles. The van der Waals surface area contributed by atoms with E-state index in [0.29, 0.717) is 17.5 Å². The summed E-state index contributed by atoms with van der Waals surface area (Å²) in [7, 11) is -1.80. The second kappa shape index (κ2) is 15.4. The van der Waals surface area contributed by atoms with Gasteiger partial charge in [0.15, 0.2) is 5.78 Å². The molecular formula is C34H36BF2N3O5. The van der Waals surface area contributed by atoms with Gasteiger partial charge in [0.2, 0.25) is 5.91 Å². The number of rotatable bonds is 10.